The van der Waals surface area contributed by atoms with Crippen LogP contribution in [0.2, 0.25) is 0 Å². The minimum absolute atomic E-state index is 0.0950. The summed E-state index contributed by atoms with van der Waals surface area (Å²) >= 11 is 4.81. The van der Waals surface area contributed by atoms with Gasteiger partial charge >= 0.3 is 0 Å². The Hall–Kier alpha value is -1.90. The van der Waals surface area contributed by atoms with Gasteiger partial charge in [0.15, 0.2) is 15.6 Å². The molecule has 0 aliphatic carbocycles. The molecule has 0 fully saturated rings. The molecule has 1 amide bonds. The first-order chi connectivity index (χ1) is 11.9. The molecule has 3 aromatic rings. The molecular formula is C17H14BrNO4S2. The van der Waals surface area contributed by atoms with Crippen LogP contribution >= 0.6 is 27.3 Å². The number of halogens is 1. The lowest BCUT2D eigenvalue weighted by atomic mass is 10.4. The highest BCUT2D eigenvalue weighted by Crippen LogP contribution is 2.20. The van der Waals surface area contributed by atoms with E-state index in [1.807, 2.05) is 17.5 Å². The number of sulfone groups is 1. The van der Waals surface area contributed by atoms with Crippen LogP contribution in [-0.4, -0.2) is 14.3 Å². The number of hydrogen-bond acceptors (Lipinski definition) is 5. The van der Waals surface area contributed by atoms with Gasteiger partial charge < -0.3 is 9.73 Å². The van der Waals surface area contributed by atoms with E-state index in [4.69, 9.17) is 4.42 Å². The maximum absolute atomic E-state index is 12.4. The first-order valence-electron chi connectivity index (χ1n) is 7.32. The van der Waals surface area contributed by atoms with Crippen molar-refractivity contribution in [1.82, 2.24) is 5.32 Å². The molecule has 0 saturated carbocycles. The van der Waals surface area contributed by atoms with E-state index in [1.165, 1.54) is 24.3 Å². The summed E-state index contributed by atoms with van der Waals surface area (Å²) in [6.07, 6.45) is 0. The molecule has 130 valence electrons. The third-order valence-electron chi connectivity index (χ3n) is 3.39. The van der Waals surface area contributed by atoms with Crippen molar-refractivity contribution < 1.29 is 17.6 Å². The zero-order chi connectivity index (χ0) is 17.9. The van der Waals surface area contributed by atoms with Crippen molar-refractivity contribution in [3.63, 3.8) is 0 Å². The molecule has 0 aliphatic heterocycles. The highest BCUT2D eigenvalue weighted by molar-refractivity contribution is 9.10. The summed E-state index contributed by atoms with van der Waals surface area (Å²) in [6, 6.07) is 13.2. The number of carbonyl (C=O) groups excluding carboxylic acids is 1. The van der Waals surface area contributed by atoms with Gasteiger partial charge in [0.05, 0.1) is 11.4 Å². The molecule has 0 bridgehead atoms. The normalized spacial score (nSPS) is 11.4. The second-order valence-electron chi connectivity index (χ2n) is 5.24. The van der Waals surface area contributed by atoms with Crippen molar-refractivity contribution in [1.29, 1.82) is 0 Å². The summed E-state index contributed by atoms with van der Waals surface area (Å²) in [4.78, 5) is 13.3. The maximum atomic E-state index is 12.4. The van der Waals surface area contributed by atoms with Gasteiger partial charge in [-0.15, -0.1) is 11.3 Å². The van der Waals surface area contributed by atoms with Crippen molar-refractivity contribution in [2.75, 3.05) is 0 Å². The molecule has 25 heavy (non-hydrogen) atoms. The fraction of sp³-hybridized carbons (Fsp3) is 0.118. The predicted molar refractivity (Wildman–Crippen MR) is 99.2 cm³/mol. The van der Waals surface area contributed by atoms with Gasteiger partial charge in [-0.3, -0.25) is 4.79 Å². The molecule has 2 aromatic heterocycles. The monoisotopic (exact) mass is 439 g/mol. The smallest absolute Gasteiger partial charge is 0.287 e. The average molecular weight is 440 g/mol. The van der Waals surface area contributed by atoms with Crippen molar-refractivity contribution >= 4 is 43.0 Å². The molecule has 8 heteroatoms. The van der Waals surface area contributed by atoms with Gasteiger partial charge in [-0.1, -0.05) is 22.0 Å². The van der Waals surface area contributed by atoms with Gasteiger partial charge in [0.1, 0.15) is 11.5 Å². The molecule has 3 rings (SSSR count). The van der Waals surface area contributed by atoms with Crippen LogP contribution in [0.25, 0.3) is 0 Å². The lowest BCUT2D eigenvalue weighted by Crippen LogP contribution is -2.21. The number of hydrogen-bond donors (Lipinski definition) is 1. The third kappa shape index (κ3) is 4.59. The van der Waals surface area contributed by atoms with Gasteiger partial charge in [-0.05, 0) is 47.8 Å². The minimum Gasteiger partial charge on any atom is -0.455 e. The number of thiophene rings is 1. The maximum Gasteiger partial charge on any atom is 0.287 e. The Kier molecular flexibility index (Phi) is 5.41. The molecule has 1 N–H and O–H groups in total. The van der Waals surface area contributed by atoms with E-state index in [0.717, 1.165) is 9.35 Å². The van der Waals surface area contributed by atoms with Gasteiger partial charge in [0, 0.05) is 9.35 Å². The Labute approximate surface area is 157 Å². The lowest BCUT2D eigenvalue weighted by Gasteiger charge is -2.03. The van der Waals surface area contributed by atoms with E-state index in [-0.39, 0.29) is 28.1 Å². The van der Waals surface area contributed by atoms with Crippen LogP contribution < -0.4 is 5.32 Å². The van der Waals surface area contributed by atoms with E-state index in [2.05, 4.69) is 21.2 Å². The number of nitrogens with one attached hydrogen (secondary N) is 1. The number of rotatable bonds is 6. The number of amides is 1. The molecule has 0 saturated heterocycles. The van der Waals surface area contributed by atoms with E-state index >= 15 is 0 Å². The summed E-state index contributed by atoms with van der Waals surface area (Å²) in [7, 11) is -3.53. The average Bonchev–Trinajstić information content (AvgIpc) is 3.24. The molecular weight excluding hydrogens is 426 g/mol. The molecule has 0 unspecified atom stereocenters. The summed E-state index contributed by atoms with van der Waals surface area (Å²) in [5, 5.41) is 4.67. The van der Waals surface area contributed by atoms with Crippen molar-refractivity contribution in [2.24, 2.45) is 0 Å². The molecule has 5 nitrogen and oxygen atoms in total. The topological polar surface area (TPSA) is 76.4 Å². The van der Waals surface area contributed by atoms with Crippen LogP contribution in [0.4, 0.5) is 0 Å². The molecule has 0 aliphatic rings. The van der Waals surface area contributed by atoms with E-state index in [1.54, 1.807) is 23.5 Å². The Bertz CT molecular complexity index is 961. The standard InChI is InChI=1S/C17H14BrNO4S2/c18-12-3-6-15(7-4-12)25(21,22)11-13-5-8-16(23-13)17(20)19-10-14-2-1-9-24-14/h1-9H,10-11H2,(H,19,20). The molecule has 0 radical (unpaired) electrons. The SMILES string of the molecule is O=C(NCc1cccs1)c1ccc(CS(=O)(=O)c2ccc(Br)cc2)o1. The van der Waals surface area contributed by atoms with Gasteiger partial charge in [0.25, 0.3) is 5.91 Å². The van der Waals surface area contributed by atoms with Crippen LogP contribution in [0, 0.1) is 0 Å². The van der Waals surface area contributed by atoms with Crippen molar-refractivity contribution in [3.05, 3.63) is 74.8 Å². The lowest BCUT2D eigenvalue weighted by molar-refractivity contribution is 0.0922. The summed E-state index contributed by atoms with van der Waals surface area (Å²) in [5.41, 5.74) is 0. The summed E-state index contributed by atoms with van der Waals surface area (Å²) < 4.78 is 31.0. The van der Waals surface area contributed by atoms with Crippen molar-refractivity contribution in [3.8, 4) is 0 Å². The van der Waals surface area contributed by atoms with Crippen LogP contribution in [0.15, 0.2) is 67.7 Å². The largest absolute Gasteiger partial charge is 0.455 e. The van der Waals surface area contributed by atoms with E-state index < -0.39 is 9.84 Å². The summed E-state index contributed by atoms with van der Waals surface area (Å²) in [6.45, 7) is 0.406. The molecule has 0 spiro atoms. The second-order valence-corrected chi connectivity index (χ2v) is 9.18. The van der Waals surface area contributed by atoms with Crippen LogP contribution in [0.3, 0.4) is 0 Å². The fourth-order valence-electron chi connectivity index (χ4n) is 2.16. The Morgan fingerprint density at radius 3 is 2.56 bits per heavy atom. The van der Waals surface area contributed by atoms with Crippen LogP contribution in [0.1, 0.15) is 21.2 Å². The zero-order valence-corrected chi connectivity index (χ0v) is 16.2. The van der Waals surface area contributed by atoms with Gasteiger partial charge in [-0.25, -0.2) is 8.42 Å². The van der Waals surface area contributed by atoms with Crippen LogP contribution in [0.5, 0.6) is 0 Å². The molecule has 0 atom stereocenters. The number of carbonyl (C=O) groups is 1. The third-order valence-corrected chi connectivity index (χ3v) is 6.45. The summed E-state index contributed by atoms with van der Waals surface area (Å²) in [5.74, 6) is -0.352. The van der Waals surface area contributed by atoms with Crippen molar-refractivity contribution in [2.45, 2.75) is 17.2 Å². The first kappa shape index (κ1) is 17.9. The van der Waals surface area contributed by atoms with Crippen LogP contribution in [-0.2, 0) is 22.1 Å². The Balaban J connectivity index is 1.66. The molecule has 1 aromatic carbocycles. The minimum atomic E-state index is -3.53. The quantitative estimate of drug-likeness (QED) is 0.629. The highest BCUT2D eigenvalue weighted by atomic mass is 79.9. The number of benzene rings is 1. The van der Waals surface area contributed by atoms with Gasteiger partial charge in [-0.2, -0.15) is 0 Å². The van der Waals surface area contributed by atoms with E-state index in [0.29, 0.717) is 6.54 Å². The Morgan fingerprint density at radius 1 is 1.12 bits per heavy atom. The molecule has 2 heterocycles. The fourth-order valence-corrected chi connectivity index (χ4v) is 4.31. The Morgan fingerprint density at radius 2 is 1.88 bits per heavy atom. The zero-order valence-electron chi connectivity index (χ0n) is 12.9. The predicted octanol–water partition coefficient (Wildman–Crippen LogP) is 4.01. The second kappa shape index (κ2) is 7.55. The van der Waals surface area contributed by atoms with E-state index in [9.17, 15) is 13.2 Å². The van der Waals surface area contributed by atoms with Gasteiger partial charge in [0.2, 0.25) is 0 Å². The number of furan rings is 1. The first-order valence-corrected chi connectivity index (χ1v) is 10.6. The highest BCUT2D eigenvalue weighted by Gasteiger charge is 2.19.